The summed E-state index contributed by atoms with van der Waals surface area (Å²) in [4.78, 5) is 52.3. The number of isocyanates is 1. The number of hydrogen-bond donors (Lipinski definition) is 3. The summed E-state index contributed by atoms with van der Waals surface area (Å²) in [5, 5.41) is 5.79. The Kier molecular flexibility index (Phi) is 17.6. The van der Waals surface area contributed by atoms with Gasteiger partial charge in [0, 0.05) is 44.0 Å². The van der Waals surface area contributed by atoms with E-state index in [1.165, 1.54) is 6.08 Å². The number of aliphatic imine (C=N–C) groups is 1. The number of likely N-dealkylation sites (tertiary alicyclic amines) is 2. The molecule has 12 nitrogen and oxygen atoms in total. The van der Waals surface area contributed by atoms with Crippen molar-refractivity contribution in [2.75, 3.05) is 31.5 Å². The highest BCUT2D eigenvalue weighted by Crippen LogP contribution is 2.17. The number of benzene rings is 2. The molecule has 2 aliphatic heterocycles. The van der Waals surface area contributed by atoms with E-state index in [1.54, 1.807) is 21.9 Å². The molecule has 2 heterocycles. The maximum atomic E-state index is 12.0. The Morgan fingerprint density at radius 3 is 1.57 bits per heavy atom. The summed E-state index contributed by atoms with van der Waals surface area (Å²) in [7, 11) is 0. The quantitative estimate of drug-likeness (QED) is 0.224. The largest absolute Gasteiger partial charge is 0.444 e. The number of amides is 4. The smallest absolute Gasteiger partial charge is 0.410 e. The van der Waals surface area contributed by atoms with Crippen LogP contribution in [0, 0.1) is 13.8 Å². The van der Waals surface area contributed by atoms with Gasteiger partial charge in [0.15, 0.2) is 0 Å². The van der Waals surface area contributed by atoms with Crippen LogP contribution in [0.1, 0.15) is 85.8 Å². The second-order valence-corrected chi connectivity index (χ2v) is 14.0. The SMILES string of the molecule is C.CC(C)(C)OC(=O)N1CCC(N)CC1.Cc1ccc(N=C=O)cc1.Cc1ccc(NC(=O)NC2CCN(C(=O)OC(C)(C)C)CC2)cc1. The fourth-order valence-electron chi connectivity index (χ4n) is 4.60. The van der Waals surface area contributed by atoms with E-state index in [0.717, 1.165) is 55.6 Å². The van der Waals surface area contributed by atoms with Gasteiger partial charge >= 0.3 is 18.2 Å². The Morgan fingerprint density at radius 1 is 0.755 bits per heavy atom. The molecule has 4 amide bonds. The van der Waals surface area contributed by atoms with Crippen LogP contribution in [0.4, 0.5) is 25.8 Å². The van der Waals surface area contributed by atoms with Gasteiger partial charge in [-0.25, -0.2) is 19.2 Å². The Hall–Kier alpha value is -4.41. The Morgan fingerprint density at radius 2 is 1.16 bits per heavy atom. The van der Waals surface area contributed by atoms with Gasteiger partial charge in [-0.3, -0.25) is 0 Å². The molecular formula is C37H58N6O6. The molecule has 0 saturated carbocycles. The lowest BCUT2D eigenvalue weighted by Crippen LogP contribution is -2.48. The summed E-state index contributed by atoms with van der Waals surface area (Å²) in [5.74, 6) is 0. The highest BCUT2D eigenvalue weighted by atomic mass is 16.6. The van der Waals surface area contributed by atoms with Gasteiger partial charge < -0.3 is 35.6 Å². The number of carbonyl (C=O) groups is 3. The number of anilines is 1. The van der Waals surface area contributed by atoms with Crippen LogP contribution in [0.3, 0.4) is 0 Å². The summed E-state index contributed by atoms with van der Waals surface area (Å²) in [6, 6.07) is 15.1. The van der Waals surface area contributed by atoms with Crippen LogP contribution in [0.25, 0.3) is 0 Å². The predicted octanol–water partition coefficient (Wildman–Crippen LogP) is 7.46. The molecule has 0 atom stereocenters. The van der Waals surface area contributed by atoms with E-state index in [0.29, 0.717) is 18.8 Å². The molecule has 12 heteroatoms. The zero-order valence-electron chi connectivity index (χ0n) is 29.8. The number of piperidine rings is 2. The van der Waals surface area contributed by atoms with Gasteiger partial charge in [-0.15, -0.1) is 0 Å². The first-order chi connectivity index (χ1) is 22.4. The highest BCUT2D eigenvalue weighted by Gasteiger charge is 2.28. The third-order valence-electron chi connectivity index (χ3n) is 7.19. The van der Waals surface area contributed by atoms with Crippen LogP contribution >= 0.6 is 0 Å². The van der Waals surface area contributed by atoms with Crippen molar-refractivity contribution in [3.05, 3.63) is 59.7 Å². The molecule has 4 N–H and O–H groups in total. The molecule has 2 saturated heterocycles. The molecular weight excluding hydrogens is 624 g/mol. The molecule has 2 aromatic rings. The molecule has 2 aromatic carbocycles. The number of carbonyl (C=O) groups excluding carboxylic acids is 4. The summed E-state index contributed by atoms with van der Waals surface area (Å²) in [6.45, 7) is 17.8. The molecule has 0 unspecified atom stereocenters. The number of nitrogens with zero attached hydrogens (tertiary/aromatic N) is 3. The van der Waals surface area contributed by atoms with E-state index in [2.05, 4.69) is 15.6 Å². The number of nitrogens with two attached hydrogens (primary N) is 1. The van der Waals surface area contributed by atoms with Crippen molar-refractivity contribution in [2.45, 2.75) is 112 Å². The zero-order valence-corrected chi connectivity index (χ0v) is 29.8. The van der Waals surface area contributed by atoms with Crippen molar-refractivity contribution in [2.24, 2.45) is 10.7 Å². The molecule has 0 aliphatic carbocycles. The number of hydrogen-bond acceptors (Lipinski definition) is 8. The Labute approximate surface area is 292 Å². The van der Waals surface area contributed by atoms with Gasteiger partial charge in [-0.05, 0) is 105 Å². The van der Waals surface area contributed by atoms with E-state index >= 15 is 0 Å². The zero-order chi connectivity index (χ0) is 35.9. The van der Waals surface area contributed by atoms with Crippen LogP contribution in [0.15, 0.2) is 53.5 Å². The van der Waals surface area contributed by atoms with Crippen molar-refractivity contribution < 1.29 is 28.7 Å². The molecule has 0 aromatic heterocycles. The Bertz CT molecular complexity index is 1350. The van der Waals surface area contributed by atoms with Crippen LogP contribution < -0.4 is 16.4 Å². The van der Waals surface area contributed by atoms with E-state index in [1.807, 2.05) is 91.8 Å². The summed E-state index contributed by atoms with van der Waals surface area (Å²) < 4.78 is 10.6. The number of urea groups is 1. The van der Waals surface area contributed by atoms with Crippen LogP contribution in [0.2, 0.25) is 0 Å². The minimum Gasteiger partial charge on any atom is -0.444 e. The minimum atomic E-state index is -0.486. The number of aryl methyl sites for hydroxylation is 2. The molecule has 49 heavy (non-hydrogen) atoms. The average molecular weight is 683 g/mol. The summed E-state index contributed by atoms with van der Waals surface area (Å²) >= 11 is 0. The number of ether oxygens (including phenoxy) is 2. The van der Waals surface area contributed by atoms with Crippen LogP contribution in [0.5, 0.6) is 0 Å². The normalized spacial score (nSPS) is 15.0. The third-order valence-corrected chi connectivity index (χ3v) is 7.19. The lowest BCUT2D eigenvalue weighted by Gasteiger charge is -2.33. The maximum Gasteiger partial charge on any atom is 0.410 e. The second-order valence-electron chi connectivity index (χ2n) is 14.0. The van der Waals surface area contributed by atoms with Crippen LogP contribution in [-0.2, 0) is 14.3 Å². The Balaban J connectivity index is 0.000000406. The maximum absolute atomic E-state index is 12.0. The molecule has 0 spiro atoms. The number of rotatable bonds is 3. The lowest BCUT2D eigenvalue weighted by atomic mass is 10.1. The summed E-state index contributed by atoms with van der Waals surface area (Å²) in [5.41, 5.74) is 8.58. The van der Waals surface area contributed by atoms with E-state index in [4.69, 9.17) is 15.2 Å². The molecule has 0 radical (unpaired) electrons. The van der Waals surface area contributed by atoms with Gasteiger partial charge in [0.2, 0.25) is 6.08 Å². The molecule has 2 aliphatic rings. The van der Waals surface area contributed by atoms with Crippen molar-refractivity contribution in [3.8, 4) is 0 Å². The third kappa shape index (κ3) is 18.1. The van der Waals surface area contributed by atoms with E-state index < -0.39 is 11.2 Å². The van der Waals surface area contributed by atoms with Crippen LogP contribution in [-0.4, -0.2) is 83.6 Å². The fraction of sp³-hybridized carbons (Fsp3) is 0.568. The van der Waals surface area contributed by atoms with Gasteiger partial charge in [0.1, 0.15) is 11.2 Å². The highest BCUT2D eigenvalue weighted by molar-refractivity contribution is 5.89. The topological polar surface area (TPSA) is 156 Å². The standard InChI is InChI=1S/C18H27N3O3.C10H20N2O2.C8H7NO.CH4/c1-13-5-7-14(8-6-13)19-16(22)20-15-9-11-21(12-10-15)17(23)24-18(2,3)4;1-10(2,3)14-9(13)12-6-4-8(11)5-7-12;1-7-2-4-8(5-3-7)9-6-10;/h5-8,15H,9-12H2,1-4H3,(H2,19,20,22);8H,4-7,11H2,1-3H3;2-5H,1H3;1H4. The van der Waals surface area contributed by atoms with Crippen molar-refractivity contribution >= 4 is 35.7 Å². The van der Waals surface area contributed by atoms with Crippen molar-refractivity contribution in [1.29, 1.82) is 0 Å². The van der Waals surface area contributed by atoms with E-state index in [9.17, 15) is 19.2 Å². The van der Waals surface area contributed by atoms with E-state index in [-0.39, 0.29) is 37.7 Å². The van der Waals surface area contributed by atoms with Gasteiger partial charge in [0.05, 0.1) is 5.69 Å². The number of nitrogens with one attached hydrogen (secondary N) is 2. The molecule has 4 rings (SSSR count). The average Bonchev–Trinajstić information content (AvgIpc) is 2.99. The van der Waals surface area contributed by atoms with Crippen molar-refractivity contribution in [3.63, 3.8) is 0 Å². The van der Waals surface area contributed by atoms with Crippen molar-refractivity contribution in [1.82, 2.24) is 15.1 Å². The van der Waals surface area contributed by atoms with Gasteiger partial charge in [-0.1, -0.05) is 42.8 Å². The second kappa shape index (κ2) is 20.2. The molecule has 272 valence electrons. The van der Waals surface area contributed by atoms with Gasteiger partial charge in [-0.2, -0.15) is 4.99 Å². The summed E-state index contributed by atoms with van der Waals surface area (Å²) in [6.07, 6.45) is 4.17. The first kappa shape index (κ1) is 42.6. The first-order valence-electron chi connectivity index (χ1n) is 16.4. The predicted molar refractivity (Wildman–Crippen MR) is 195 cm³/mol. The fourth-order valence-corrected chi connectivity index (χ4v) is 4.60. The monoisotopic (exact) mass is 682 g/mol. The van der Waals surface area contributed by atoms with Gasteiger partial charge in [0.25, 0.3) is 0 Å². The first-order valence-corrected chi connectivity index (χ1v) is 16.4. The minimum absolute atomic E-state index is 0. The molecule has 2 fully saturated rings. The molecule has 0 bridgehead atoms. The lowest BCUT2D eigenvalue weighted by molar-refractivity contribution is 0.0193.